The average molecular weight is 383 g/mol. The van der Waals surface area contributed by atoms with E-state index < -0.39 is 11.7 Å². The molecule has 146 valence electrons. The summed E-state index contributed by atoms with van der Waals surface area (Å²) in [5.74, 6) is -1.13. The second-order valence-corrected chi connectivity index (χ2v) is 6.68. The van der Waals surface area contributed by atoms with E-state index in [0.717, 1.165) is 0 Å². The Kier molecular flexibility index (Phi) is 6.37. The smallest absolute Gasteiger partial charge is 0.251 e. The maximum Gasteiger partial charge on any atom is 0.251 e. The standard InChI is InChI=1S/C21H22FN3O3/c22-17-8-6-16(7-9-17)20(27)23-14-19(26)25-12-10-18(11-13-25)24-21(28)15-4-2-1-3-5-15/h1-9,18H,10-14H2,(H,23,27)(H,24,28). The molecule has 0 aromatic heterocycles. The van der Waals surface area contributed by atoms with Gasteiger partial charge in [-0.25, -0.2) is 4.39 Å². The van der Waals surface area contributed by atoms with E-state index in [1.807, 2.05) is 18.2 Å². The van der Waals surface area contributed by atoms with Gasteiger partial charge in [0.2, 0.25) is 5.91 Å². The van der Waals surface area contributed by atoms with Crippen LogP contribution in [0.3, 0.4) is 0 Å². The Bertz CT molecular complexity index is 832. The lowest BCUT2D eigenvalue weighted by atomic mass is 10.0. The van der Waals surface area contributed by atoms with E-state index in [-0.39, 0.29) is 24.4 Å². The Morgan fingerprint density at radius 3 is 2.14 bits per heavy atom. The molecule has 3 rings (SSSR count). The summed E-state index contributed by atoms with van der Waals surface area (Å²) in [6.07, 6.45) is 1.33. The molecule has 0 atom stereocenters. The molecule has 0 saturated carbocycles. The molecule has 0 bridgehead atoms. The van der Waals surface area contributed by atoms with E-state index in [9.17, 15) is 18.8 Å². The lowest BCUT2D eigenvalue weighted by Crippen LogP contribution is -2.49. The van der Waals surface area contributed by atoms with E-state index in [0.29, 0.717) is 37.1 Å². The van der Waals surface area contributed by atoms with Crippen LogP contribution in [-0.2, 0) is 4.79 Å². The van der Waals surface area contributed by atoms with Gasteiger partial charge in [0.15, 0.2) is 0 Å². The molecule has 1 aliphatic heterocycles. The van der Waals surface area contributed by atoms with E-state index in [2.05, 4.69) is 10.6 Å². The van der Waals surface area contributed by atoms with Gasteiger partial charge in [-0.15, -0.1) is 0 Å². The minimum absolute atomic E-state index is 0.0190. The lowest BCUT2D eigenvalue weighted by Gasteiger charge is -2.32. The molecule has 1 fully saturated rings. The Labute approximate surface area is 162 Å². The average Bonchev–Trinajstić information content (AvgIpc) is 2.73. The molecule has 2 aromatic carbocycles. The summed E-state index contributed by atoms with van der Waals surface area (Å²) in [5.41, 5.74) is 0.918. The lowest BCUT2D eigenvalue weighted by molar-refractivity contribution is -0.131. The molecule has 2 aromatic rings. The molecule has 28 heavy (non-hydrogen) atoms. The van der Waals surface area contributed by atoms with Crippen LogP contribution in [-0.4, -0.2) is 48.3 Å². The number of amides is 3. The van der Waals surface area contributed by atoms with Crippen molar-refractivity contribution in [3.8, 4) is 0 Å². The number of hydrogen-bond acceptors (Lipinski definition) is 3. The number of halogens is 1. The number of hydrogen-bond donors (Lipinski definition) is 2. The fourth-order valence-electron chi connectivity index (χ4n) is 3.10. The van der Waals surface area contributed by atoms with Crippen LogP contribution < -0.4 is 10.6 Å². The van der Waals surface area contributed by atoms with Gasteiger partial charge in [0, 0.05) is 30.3 Å². The number of benzene rings is 2. The van der Waals surface area contributed by atoms with Crippen LogP contribution >= 0.6 is 0 Å². The van der Waals surface area contributed by atoms with Crippen molar-refractivity contribution in [3.05, 3.63) is 71.5 Å². The molecule has 0 radical (unpaired) electrons. The predicted octanol–water partition coefficient (Wildman–Crippen LogP) is 1.98. The van der Waals surface area contributed by atoms with Crippen molar-refractivity contribution < 1.29 is 18.8 Å². The van der Waals surface area contributed by atoms with Gasteiger partial charge >= 0.3 is 0 Å². The minimum Gasteiger partial charge on any atom is -0.349 e. The van der Waals surface area contributed by atoms with Crippen LogP contribution in [0.2, 0.25) is 0 Å². The Balaban J connectivity index is 1.41. The molecule has 3 amide bonds. The summed E-state index contributed by atoms with van der Waals surface area (Å²) >= 11 is 0. The topological polar surface area (TPSA) is 78.5 Å². The Morgan fingerprint density at radius 2 is 1.50 bits per heavy atom. The third kappa shape index (κ3) is 5.16. The molecule has 1 aliphatic rings. The maximum atomic E-state index is 12.9. The van der Waals surface area contributed by atoms with Crippen LogP contribution in [0.15, 0.2) is 54.6 Å². The van der Waals surface area contributed by atoms with Crippen LogP contribution in [0.1, 0.15) is 33.6 Å². The van der Waals surface area contributed by atoms with Gasteiger partial charge in [-0.05, 0) is 49.2 Å². The number of rotatable bonds is 5. The normalized spacial score (nSPS) is 14.4. The highest BCUT2D eigenvalue weighted by molar-refractivity contribution is 5.96. The molecule has 1 saturated heterocycles. The fourth-order valence-corrected chi connectivity index (χ4v) is 3.10. The second kappa shape index (κ2) is 9.12. The van der Waals surface area contributed by atoms with E-state index in [1.165, 1.54) is 24.3 Å². The number of carbonyl (C=O) groups excluding carboxylic acids is 3. The number of likely N-dealkylation sites (tertiary alicyclic amines) is 1. The summed E-state index contributed by atoms with van der Waals surface area (Å²) in [6, 6.07) is 14.2. The van der Waals surface area contributed by atoms with Gasteiger partial charge in [0.1, 0.15) is 5.82 Å². The summed E-state index contributed by atoms with van der Waals surface area (Å²) in [4.78, 5) is 38.2. The zero-order chi connectivity index (χ0) is 19.9. The van der Waals surface area contributed by atoms with E-state index in [4.69, 9.17) is 0 Å². The molecule has 6 nitrogen and oxygen atoms in total. The van der Waals surface area contributed by atoms with Gasteiger partial charge in [-0.2, -0.15) is 0 Å². The van der Waals surface area contributed by atoms with Gasteiger partial charge in [-0.3, -0.25) is 14.4 Å². The summed E-state index contributed by atoms with van der Waals surface area (Å²) < 4.78 is 12.9. The highest BCUT2D eigenvalue weighted by atomic mass is 19.1. The zero-order valence-corrected chi connectivity index (χ0v) is 15.4. The van der Waals surface area contributed by atoms with E-state index >= 15 is 0 Å². The third-order valence-electron chi connectivity index (χ3n) is 4.73. The third-order valence-corrected chi connectivity index (χ3v) is 4.73. The number of piperidine rings is 1. The van der Waals surface area contributed by atoms with Crippen molar-refractivity contribution >= 4 is 17.7 Å². The predicted molar refractivity (Wildman–Crippen MR) is 102 cm³/mol. The number of nitrogens with zero attached hydrogens (tertiary/aromatic N) is 1. The van der Waals surface area contributed by atoms with Crippen molar-refractivity contribution in [2.45, 2.75) is 18.9 Å². The first kappa shape index (κ1) is 19.5. The number of carbonyl (C=O) groups is 3. The minimum atomic E-state index is -0.421. The monoisotopic (exact) mass is 383 g/mol. The van der Waals surface area contributed by atoms with Crippen molar-refractivity contribution in [3.63, 3.8) is 0 Å². The quantitative estimate of drug-likeness (QED) is 0.829. The Morgan fingerprint density at radius 1 is 0.893 bits per heavy atom. The van der Waals surface area contributed by atoms with Crippen LogP contribution in [0.25, 0.3) is 0 Å². The molecule has 0 spiro atoms. The molecular formula is C21H22FN3O3. The van der Waals surface area contributed by atoms with Crippen LogP contribution in [0.4, 0.5) is 4.39 Å². The van der Waals surface area contributed by atoms with E-state index in [1.54, 1.807) is 17.0 Å². The first-order valence-electron chi connectivity index (χ1n) is 9.20. The summed E-state index contributed by atoms with van der Waals surface area (Å²) in [6.45, 7) is 0.924. The zero-order valence-electron chi connectivity index (χ0n) is 15.4. The van der Waals surface area contributed by atoms with Crippen molar-refractivity contribution in [1.82, 2.24) is 15.5 Å². The summed E-state index contributed by atoms with van der Waals surface area (Å²) in [7, 11) is 0. The van der Waals surface area contributed by atoms with Crippen molar-refractivity contribution in [2.75, 3.05) is 19.6 Å². The first-order valence-corrected chi connectivity index (χ1v) is 9.20. The fraction of sp³-hybridized carbons (Fsp3) is 0.286. The van der Waals surface area contributed by atoms with Crippen LogP contribution in [0.5, 0.6) is 0 Å². The Hall–Kier alpha value is -3.22. The van der Waals surface area contributed by atoms with Gasteiger partial charge in [0.05, 0.1) is 6.54 Å². The molecule has 0 aliphatic carbocycles. The number of nitrogens with one attached hydrogen (secondary N) is 2. The molecular weight excluding hydrogens is 361 g/mol. The molecule has 0 unspecified atom stereocenters. The van der Waals surface area contributed by atoms with Gasteiger partial charge < -0.3 is 15.5 Å². The highest BCUT2D eigenvalue weighted by Crippen LogP contribution is 2.12. The highest BCUT2D eigenvalue weighted by Gasteiger charge is 2.24. The second-order valence-electron chi connectivity index (χ2n) is 6.68. The largest absolute Gasteiger partial charge is 0.349 e. The van der Waals surface area contributed by atoms with Crippen LogP contribution in [0, 0.1) is 5.82 Å². The van der Waals surface area contributed by atoms with Gasteiger partial charge in [-0.1, -0.05) is 18.2 Å². The first-order chi connectivity index (χ1) is 13.5. The van der Waals surface area contributed by atoms with Crippen molar-refractivity contribution in [2.24, 2.45) is 0 Å². The molecule has 1 heterocycles. The van der Waals surface area contributed by atoms with Gasteiger partial charge in [0.25, 0.3) is 11.8 Å². The summed E-state index contributed by atoms with van der Waals surface area (Å²) in [5, 5.41) is 5.55. The maximum absolute atomic E-state index is 12.9. The molecule has 7 heteroatoms. The SMILES string of the molecule is O=C(NCC(=O)N1CCC(NC(=O)c2ccccc2)CC1)c1ccc(F)cc1. The molecule has 2 N–H and O–H groups in total. The van der Waals surface area contributed by atoms with Crippen molar-refractivity contribution in [1.29, 1.82) is 0 Å².